The highest BCUT2D eigenvalue weighted by molar-refractivity contribution is 6.33. The van der Waals surface area contributed by atoms with Crippen molar-refractivity contribution in [2.24, 2.45) is 0 Å². The number of carboxylic acid groups (broad SMARTS) is 1. The molecule has 0 saturated carbocycles. The van der Waals surface area contributed by atoms with Crippen LogP contribution in [0.1, 0.15) is 29.8 Å². The van der Waals surface area contributed by atoms with E-state index in [0.717, 1.165) is 11.3 Å². The van der Waals surface area contributed by atoms with Crippen molar-refractivity contribution in [3.63, 3.8) is 0 Å². The summed E-state index contributed by atoms with van der Waals surface area (Å²) >= 11 is 6.07. The predicted molar refractivity (Wildman–Crippen MR) is 87.9 cm³/mol. The van der Waals surface area contributed by atoms with E-state index in [-0.39, 0.29) is 11.7 Å². The minimum Gasteiger partial charge on any atom is -0.491 e. The Morgan fingerprint density at radius 1 is 1.23 bits per heavy atom. The van der Waals surface area contributed by atoms with E-state index in [4.69, 9.17) is 21.4 Å². The van der Waals surface area contributed by atoms with E-state index >= 15 is 0 Å². The molecule has 22 heavy (non-hydrogen) atoms. The minimum absolute atomic E-state index is 0.140. The first-order valence-corrected chi connectivity index (χ1v) is 7.36. The lowest BCUT2D eigenvalue weighted by Gasteiger charge is -2.12. The van der Waals surface area contributed by atoms with E-state index in [9.17, 15) is 4.79 Å². The third kappa shape index (κ3) is 4.40. The molecule has 2 N–H and O–H groups in total. The van der Waals surface area contributed by atoms with Crippen molar-refractivity contribution < 1.29 is 14.6 Å². The Labute approximate surface area is 134 Å². The quantitative estimate of drug-likeness (QED) is 0.826. The minimum atomic E-state index is -0.977. The fourth-order valence-corrected chi connectivity index (χ4v) is 2.13. The van der Waals surface area contributed by atoms with Crippen LogP contribution in [0.2, 0.25) is 5.02 Å². The predicted octanol–water partition coefficient (Wildman–Crippen LogP) is 4.44. The highest BCUT2D eigenvalue weighted by Crippen LogP contribution is 2.24. The van der Waals surface area contributed by atoms with Gasteiger partial charge in [-0.15, -0.1) is 0 Å². The molecule has 0 bridgehead atoms. The van der Waals surface area contributed by atoms with Crippen LogP contribution < -0.4 is 10.1 Å². The molecule has 2 aromatic rings. The average Bonchev–Trinajstić information content (AvgIpc) is 2.47. The molecule has 2 aromatic carbocycles. The summed E-state index contributed by atoms with van der Waals surface area (Å²) in [5.74, 6) is -0.153. The molecule has 0 aliphatic carbocycles. The van der Waals surface area contributed by atoms with Gasteiger partial charge in [-0.25, -0.2) is 4.79 Å². The summed E-state index contributed by atoms with van der Waals surface area (Å²) in [5.41, 5.74) is 1.85. The molecule has 0 heterocycles. The van der Waals surface area contributed by atoms with Crippen molar-refractivity contribution in [3.05, 3.63) is 58.6 Å². The van der Waals surface area contributed by atoms with Gasteiger partial charge in [0.15, 0.2) is 0 Å². The number of carboxylic acids is 1. The lowest BCUT2D eigenvalue weighted by Crippen LogP contribution is -2.06. The highest BCUT2D eigenvalue weighted by atomic mass is 35.5. The number of halogens is 1. The van der Waals surface area contributed by atoms with Crippen LogP contribution in [0.15, 0.2) is 42.5 Å². The lowest BCUT2D eigenvalue weighted by atomic mass is 10.2. The van der Waals surface area contributed by atoms with Crippen LogP contribution in [-0.4, -0.2) is 17.2 Å². The van der Waals surface area contributed by atoms with Crippen LogP contribution in [0.25, 0.3) is 0 Å². The normalized spacial score (nSPS) is 10.5. The van der Waals surface area contributed by atoms with E-state index in [2.05, 4.69) is 5.32 Å². The van der Waals surface area contributed by atoms with Crippen molar-refractivity contribution in [3.8, 4) is 5.75 Å². The Balaban J connectivity index is 2.03. The third-order valence-corrected chi connectivity index (χ3v) is 3.32. The Morgan fingerprint density at radius 2 is 1.91 bits per heavy atom. The van der Waals surface area contributed by atoms with Gasteiger partial charge in [-0.3, -0.25) is 0 Å². The molecule has 0 amide bonds. The van der Waals surface area contributed by atoms with Crippen LogP contribution in [-0.2, 0) is 6.54 Å². The Bertz CT molecular complexity index is 653. The maximum atomic E-state index is 11.0. The maximum absolute atomic E-state index is 11.0. The second-order valence-corrected chi connectivity index (χ2v) is 5.57. The van der Waals surface area contributed by atoms with Crippen molar-refractivity contribution in [2.45, 2.75) is 26.5 Å². The molecule has 0 aliphatic rings. The van der Waals surface area contributed by atoms with Crippen molar-refractivity contribution >= 4 is 23.3 Å². The van der Waals surface area contributed by atoms with Gasteiger partial charge < -0.3 is 15.2 Å². The Morgan fingerprint density at radius 3 is 2.50 bits per heavy atom. The van der Waals surface area contributed by atoms with E-state index in [1.807, 2.05) is 38.1 Å². The largest absolute Gasteiger partial charge is 0.491 e. The number of anilines is 1. The van der Waals surface area contributed by atoms with Crippen molar-refractivity contribution in [2.75, 3.05) is 5.32 Å². The molecule has 0 radical (unpaired) electrons. The number of nitrogens with one attached hydrogen (secondary N) is 1. The van der Waals surface area contributed by atoms with E-state index < -0.39 is 5.97 Å². The molecule has 0 spiro atoms. The van der Waals surface area contributed by atoms with Crippen LogP contribution in [0.5, 0.6) is 5.75 Å². The Kier molecular flexibility index (Phi) is 5.28. The molecular weight excluding hydrogens is 302 g/mol. The average molecular weight is 320 g/mol. The number of rotatable bonds is 6. The van der Waals surface area contributed by atoms with Crippen LogP contribution in [0.3, 0.4) is 0 Å². The molecule has 4 nitrogen and oxygen atoms in total. The smallest absolute Gasteiger partial charge is 0.335 e. The second kappa shape index (κ2) is 7.18. The summed E-state index contributed by atoms with van der Waals surface area (Å²) in [6.45, 7) is 4.50. The van der Waals surface area contributed by atoms with Gasteiger partial charge in [-0.05, 0) is 49.7 Å². The molecule has 2 rings (SSSR count). The van der Waals surface area contributed by atoms with Crippen molar-refractivity contribution in [1.29, 1.82) is 0 Å². The summed E-state index contributed by atoms with van der Waals surface area (Å²) in [6.07, 6.45) is 0.140. The lowest BCUT2D eigenvalue weighted by molar-refractivity contribution is 0.0697. The molecule has 0 atom stereocenters. The molecule has 0 saturated heterocycles. The zero-order chi connectivity index (χ0) is 16.1. The Hall–Kier alpha value is -2.20. The highest BCUT2D eigenvalue weighted by Gasteiger charge is 2.07. The fraction of sp³-hybridized carbons (Fsp3) is 0.235. The number of hydrogen-bond acceptors (Lipinski definition) is 3. The number of ether oxygens (including phenoxy) is 1. The standard InChI is InChI=1S/C17H18ClNO3/c1-11(2)22-14-6-3-12(4-7-14)10-19-16-9-13(17(20)21)5-8-15(16)18/h3-9,11,19H,10H2,1-2H3,(H,20,21). The fourth-order valence-electron chi connectivity index (χ4n) is 1.95. The zero-order valence-corrected chi connectivity index (χ0v) is 13.2. The van der Waals surface area contributed by atoms with Gasteiger partial charge in [0.25, 0.3) is 0 Å². The summed E-state index contributed by atoms with van der Waals surface area (Å²) in [6, 6.07) is 12.3. The van der Waals surface area contributed by atoms with Crippen LogP contribution in [0.4, 0.5) is 5.69 Å². The van der Waals surface area contributed by atoms with E-state index in [1.54, 1.807) is 6.07 Å². The molecule has 0 fully saturated rings. The number of benzene rings is 2. The van der Waals surface area contributed by atoms with Gasteiger partial charge in [0, 0.05) is 6.54 Å². The molecule has 0 unspecified atom stereocenters. The van der Waals surface area contributed by atoms with Gasteiger partial charge in [0.1, 0.15) is 5.75 Å². The van der Waals surface area contributed by atoms with Gasteiger partial charge >= 0.3 is 5.97 Å². The van der Waals surface area contributed by atoms with Gasteiger partial charge in [-0.2, -0.15) is 0 Å². The molecule has 0 aliphatic heterocycles. The summed E-state index contributed by atoms with van der Waals surface area (Å²) < 4.78 is 5.59. The first-order chi connectivity index (χ1) is 10.5. The monoisotopic (exact) mass is 319 g/mol. The number of carbonyl (C=O) groups is 1. The molecule has 5 heteroatoms. The molecule has 0 aromatic heterocycles. The number of hydrogen-bond donors (Lipinski definition) is 2. The molecular formula is C17H18ClNO3. The van der Waals surface area contributed by atoms with Gasteiger partial charge in [0.2, 0.25) is 0 Å². The van der Waals surface area contributed by atoms with Gasteiger partial charge in [0.05, 0.1) is 22.4 Å². The first kappa shape index (κ1) is 16.2. The molecule has 116 valence electrons. The van der Waals surface area contributed by atoms with E-state index in [0.29, 0.717) is 17.3 Å². The summed E-state index contributed by atoms with van der Waals surface area (Å²) in [5, 5.41) is 12.6. The van der Waals surface area contributed by atoms with Crippen LogP contribution in [0, 0.1) is 0 Å². The SMILES string of the molecule is CC(C)Oc1ccc(CNc2cc(C(=O)O)ccc2Cl)cc1. The second-order valence-electron chi connectivity index (χ2n) is 5.16. The zero-order valence-electron chi connectivity index (χ0n) is 12.5. The third-order valence-electron chi connectivity index (χ3n) is 2.99. The summed E-state index contributed by atoms with van der Waals surface area (Å²) in [4.78, 5) is 11.0. The van der Waals surface area contributed by atoms with E-state index in [1.165, 1.54) is 12.1 Å². The first-order valence-electron chi connectivity index (χ1n) is 6.98. The maximum Gasteiger partial charge on any atom is 0.335 e. The summed E-state index contributed by atoms with van der Waals surface area (Å²) in [7, 11) is 0. The van der Waals surface area contributed by atoms with Crippen LogP contribution >= 0.6 is 11.6 Å². The van der Waals surface area contributed by atoms with Crippen molar-refractivity contribution in [1.82, 2.24) is 0 Å². The number of aromatic carboxylic acids is 1. The topological polar surface area (TPSA) is 58.6 Å². The van der Waals surface area contributed by atoms with Gasteiger partial charge in [-0.1, -0.05) is 23.7 Å².